The van der Waals surface area contributed by atoms with Gasteiger partial charge < -0.3 is 4.90 Å². The highest BCUT2D eigenvalue weighted by Gasteiger charge is 2.21. The van der Waals surface area contributed by atoms with Gasteiger partial charge in [-0.15, -0.1) is 0 Å². The van der Waals surface area contributed by atoms with Gasteiger partial charge in [0, 0.05) is 22.1 Å². The Morgan fingerprint density at radius 2 is 0.698 bits per heavy atom. The molecule has 246 valence electrons. The molecule has 0 atom stereocenters. The van der Waals surface area contributed by atoms with E-state index in [1.165, 1.54) is 4.90 Å². The highest BCUT2D eigenvalue weighted by molar-refractivity contribution is 6.38. The Balaban J connectivity index is 1.35. The van der Waals surface area contributed by atoms with Crippen LogP contribution in [-0.4, -0.2) is 0 Å². The zero-order valence-electron chi connectivity index (χ0n) is 36.4. The summed E-state index contributed by atoms with van der Waals surface area (Å²) in [6, 6.07) is 46.1. The Labute approximate surface area is 319 Å². The Morgan fingerprint density at radius 3 is 1.19 bits per heavy atom. The largest absolute Gasteiger partial charge is 0.310 e. The molecule has 0 aromatic heterocycles. The molecule has 0 amide bonds. The molecule has 0 unspecified atom stereocenters. The molecule has 0 saturated carbocycles. The minimum atomic E-state index is -0.381. The van der Waals surface area contributed by atoms with E-state index in [1.807, 2.05) is 42.5 Å². The summed E-state index contributed by atoms with van der Waals surface area (Å²) in [5, 5.41) is 11.9. The van der Waals surface area contributed by atoms with Gasteiger partial charge in [0.15, 0.2) is 0 Å². The van der Waals surface area contributed by atoms with Gasteiger partial charge in [-0.25, -0.2) is 0 Å². The fraction of sp³-hybridized carbons (Fsp3) is 0. The van der Waals surface area contributed by atoms with Crippen LogP contribution < -0.4 is 4.90 Å². The van der Waals surface area contributed by atoms with Crippen molar-refractivity contribution in [1.29, 1.82) is 0 Å². The van der Waals surface area contributed by atoms with Crippen molar-refractivity contribution in [3.8, 4) is 22.3 Å². The number of hydrogen-bond acceptors (Lipinski definition) is 1. The molecule has 0 aliphatic rings. The summed E-state index contributed by atoms with van der Waals surface area (Å²) >= 11 is 0. The highest BCUT2D eigenvalue weighted by Crippen LogP contribution is 2.48. The van der Waals surface area contributed by atoms with Crippen molar-refractivity contribution in [1.82, 2.24) is 0 Å². The third-order valence-electron chi connectivity index (χ3n) is 10.5. The average Bonchev–Trinajstić information content (AvgIpc) is 3.29. The summed E-state index contributed by atoms with van der Waals surface area (Å²) in [7, 11) is 0. The second-order valence-corrected chi connectivity index (χ2v) is 13.4. The number of benzene rings is 10. The van der Waals surface area contributed by atoms with E-state index < -0.39 is 0 Å². The number of nitrogens with zero attached hydrogens (tertiary/aromatic N) is 1. The molecule has 0 radical (unpaired) electrons. The van der Waals surface area contributed by atoms with Gasteiger partial charge >= 0.3 is 0 Å². The third kappa shape index (κ3) is 4.64. The van der Waals surface area contributed by atoms with Crippen LogP contribution in [0.15, 0.2) is 200 Å². The molecule has 11 rings (SSSR count). The molecule has 0 aliphatic carbocycles. The number of hydrogen-bond donors (Lipinski definition) is 0. The molecule has 1 nitrogen and oxygen atoms in total. The zero-order chi connectivity index (χ0) is 41.8. The van der Waals surface area contributed by atoms with Crippen LogP contribution in [0.4, 0.5) is 17.1 Å². The minimum absolute atomic E-state index is 0.122. The maximum atomic E-state index is 9.67. The standard InChI is InChI=1S/C52H33N/c1-3-11-34(12-4-1)36-25-29-41(30-26-36)53(42-31-27-37(28-32-42)35-13-5-2-6-14-35)48-33-40-17-9-20-44-43-18-7-15-38-23-24-39-16-8-19-45(50(39)49(38)43)46-21-10-22-47(48)52(46)51(40)44/h1-33H/i25D,26D,27D,28D,29D,30D,31D,32D. The first kappa shape index (κ1) is 22.8. The third-order valence-corrected chi connectivity index (χ3v) is 10.5. The fourth-order valence-electron chi connectivity index (χ4n) is 8.15. The lowest BCUT2D eigenvalue weighted by atomic mass is 9.87. The fourth-order valence-corrected chi connectivity index (χ4v) is 8.15. The first-order chi connectivity index (χ1) is 29.7. The Bertz CT molecular complexity index is 3460. The smallest absolute Gasteiger partial charge is 0.0645 e. The quantitative estimate of drug-likeness (QED) is 0.164. The summed E-state index contributed by atoms with van der Waals surface area (Å²) in [4.78, 5) is 1.45. The summed E-state index contributed by atoms with van der Waals surface area (Å²) in [5.74, 6) is 0. The zero-order valence-corrected chi connectivity index (χ0v) is 28.4. The van der Waals surface area contributed by atoms with Crippen LogP contribution in [0.5, 0.6) is 0 Å². The SMILES string of the molecule is [2H]c1c([2H])c(N(c2c([2H])c([2H])c(-c3ccccc3)c([2H])c2[2H])c2cc3cccc4c5cccc6ccc7cccc(c8cccc2c8c34)c7c65)c([2H])c([2H])c1-c1ccccc1. The summed E-state index contributed by atoms with van der Waals surface area (Å²) in [6.07, 6.45) is 0. The summed E-state index contributed by atoms with van der Waals surface area (Å²) in [5.41, 5.74) is 1.29. The van der Waals surface area contributed by atoms with Gasteiger partial charge in [-0.05, 0) is 106 Å². The molecule has 0 aliphatic heterocycles. The normalized spacial score (nSPS) is 13.9. The van der Waals surface area contributed by atoms with E-state index in [4.69, 9.17) is 0 Å². The van der Waals surface area contributed by atoms with Crippen molar-refractivity contribution in [2.45, 2.75) is 0 Å². The molecule has 1 heteroatoms. The van der Waals surface area contributed by atoms with Crippen LogP contribution in [0.1, 0.15) is 11.0 Å². The van der Waals surface area contributed by atoms with Crippen molar-refractivity contribution in [2.75, 3.05) is 4.90 Å². The summed E-state index contributed by atoms with van der Waals surface area (Å²) < 4.78 is 76.2. The van der Waals surface area contributed by atoms with Crippen LogP contribution >= 0.6 is 0 Å². The predicted molar refractivity (Wildman–Crippen MR) is 228 cm³/mol. The van der Waals surface area contributed by atoms with E-state index in [2.05, 4.69) is 60.7 Å². The van der Waals surface area contributed by atoms with E-state index in [0.29, 0.717) is 22.2 Å². The van der Waals surface area contributed by atoms with Gasteiger partial charge in [-0.3, -0.25) is 0 Å². The Kier molecular flexibility index (Phi) is 5.07. The minimum Gasteiger partial charge on any atom is -0.310 e. The van der Waals surface area contributed by atoms with Crippen molar-refractivity contribution < 1.29 is 11.0 Å². The molecule has 0 heterocycles. The van der Waals surface area contributed by atoms with Crippen LogP contribution in [0.3, 0.4) is 0 Å². The molecule has 11 aromatic carbocycles. The number of fused-ring (bicyclic) bond motifs is 2. The lowest BCUT2D eigenvalue weighted by Crippen LogP contribution is -2.10. The second-order valence-electron chi connectivity index (χ2n) is 13.4. The lowest BCUT2D eigenvalue weighted by molar-refractivity contribution is 1.30. The Hall–Kier alpha value is -6.96. The number of rotatable bonds is 5. The summed E-state index contributed by atoms with van der Waals surface area (Å²) in [6.45, 7) is 0. The van der Waals surface area contributed by atoms with Gasteiger partial charge in [0.25, 0.3) is 0 Å². The molecule has 0 N–H and O–H groups in total. The van der Waals surface area contributed by atoms with Crippen LogP contribution in [0.25, 0.3) is 86.9 Å². The van der Waals surface area contributed by atoms with Crippen LogP contribution in [-0.2, 0) is 0 Å². The highest BCUT2D eigenvalue weighted by atomic mass is 15.1. The monoisotopic (exact) mass is 679 g/mol. The predicted octanol–water partition coefficient (Wildman–Crippen LogP) is 14.8. The average molecular weight is 680 g/mol. The molecular formula is C52H33N. The van der Waals surface area contributed by atoms with Gasteiger partial charge in [-0.1, -0.05) is 170 Å². The van der Waals surface area contributed by atoms with E-state index >= 15 is 0 Å². The van der Waals surface area contributed by atoms with E-state index in [-0.39, 0.29) is 70.8 Å². The maximum absolute atomic E-state index is 9.67. The molecular weight excluding hydrogens is 639 g/mol. The van der Waals surface area contributed by atoms with Gasteiger partial charge in [0.1, 0.15) is 0 Å². The molecule has 11 aromatic rings. The van der Waals surface area contributed by atoms with Gasteiger partial charge in [0.2, 0.25) is 0 Å². The molecule has 53 heavy (non-hydrogen) atoms. The van der Waals surface area contributed by atoms with Crippen molar-refractivity contribution in [2.24, 2.45) is 0 Å². The maximum Gasteiger partial charge on any atom is 0.0645 e. The molecule has 0 fully saturated rings. The van der Waals surface area contributed by atoms with Gasteiger partial charge in [0.05, 0.1) is 16.7 Å². The van der Waals surface area contributed by atoms with Crippen LogP contribution in [0, 0.1) is 0 Å². The van der Waals surface area contributed by atoms with Crippen molar-refractivity contribution in [3.63, 3.8) is 0 Å². The Morgan fingerprint density at radius 1 is 0.302 bits per heavy atom. The second kappa shape index (κ2) is 11.8. The van der Waals surface area contributed by atoms with E-state index in [9.17, 15) is 11.0 Å². The van der Waals surface area contributed by atoms with Crippen LogP contribution in [0.2, 0.25) is 0 Å². The topological polar surface area (TPSA) is 3.24 Å². The van der Waals surface area contributed by atoms with E-state index in [0.717, 1.165) is 59.2 Å². The van der Waals surface area contributed by atoms with Gasteiger partial charge in [-0.2, -0.15) is 0 Å². The lowest BCUT2D eigenvalue weighted by Gasteiger charge is -2.28. The first-order valence-corrected chi connectivity index (χ1v) is 17.7. The van der Waals surface area contributed by atoms with Crippen molar-refractivity contribution >= 4 is 81.7 Å². The number of anilines is 3. The van der Waals surface area contributed by atoms with E-state index in [1.54, 1.807) is 48.5 Å². The molecule has 0 bridgehead atoms. The first-order valence-electron chi connectivity index (χ1n) is 21.7. The molecule has 0 saturated heterocycles. The van der Waals surface area contributed by atoms with Crippen molar-refractivity contribution in [3.05, 3.63) is 200 Å². The molecule has 0 spiro atoms.